The lowest BCUT2D eigenvalue weighted by Crippen LogP contribution is -2.46. The lowest BCUT2D eigenvalue weighted by molar-refractivity contribution is -0.128. The number of hydrogen-bond donors (Lipinski definition) is 0. The molecular formula is C21H15BrN6O2. The van der Waals surface area contributed by atoms with Crippen LogP contribution in [0.3, 0.4) is 0 Å². The number of benzene rings is 2. The number of fused-ring (bicyclic) bond motifs is 1. The van der Waals surface area contributed by atoms with Crippen LogP contribution in [0.15, 0.2) is 58.0 Å². The first-order valence-electron chi connectivity index (χ1n) is 9.00. The number of likely N-dealkylation sites (N-methyl/N-ethyl adjacent to an activating group) is 1. The molecule has 0 fully saturated rings. The Labute approximate surface area is 180 Å². The average molecular weight is 463 g/mol. The number of halogens is 1. The van der Waals surface area contributed by atoms with Crippen molar-refractivity contribution in [2.75, 3.05) is 7.05 Å². The highest BCUT2D eigenvalue weighted by Gasteiger charge is 2.41. The second-order valence-electron chi connectivity index (χ2n) is 6.72. The number of imide groups is 1. The molecule has 1 aromatic heterocycles. The van der Waals surface area contributed by atoms with E-state index >= 15 is 0 Å². The Hall–Kier alpha value is -3.64. The third kappa shape index (κ3) is 3.11. The van der Waals surface area contributed by atoms with Gasteiger partial charge in [0.25, 0.3) is 11.5 Å². The van der Waals surface area contributed by atoms with Crippen LogP contribution >= 0.6 is 15.9 Å². The zero-order valence-electron chi connectivity index (χ0n) is 16.1. The molecule has 0 saturated heterocycles. The maximum Gasteiger partial charge on any atom is 0.282 e. The molecule has 0 spiro atoms. The van der Waals surface area contributed by atoms with Gasteiger partial charge in [-0.1, -0.05) is 42.5 Å². The predicted molar refractivity (Wildman–Crippen MR) is 110 cm³/mol. The normalized spacial score (nSPS) is 16.4. The summed E-state index contributed by atoms with van der Waals surface area (Å²) in [5.74, 6) is -1.79. The fourth-order valence-electron chi connectivity index (χ4n) is 3.43. The number of para-hydroxylation sites is 1. The van der Waals surface area contributed by atoms with Crippen molar-refractivity contribution in [3.05, 3.63) is 81.1 Å². The van der Waals surface area contributed by atoms with Crippen LogP contribution in [0, 0.1) is 18.4 Å². The standard InChI is InChI=1S/C21H15BrN6O2/c1-12-7-6-10-14(22)18(12)28-21(24-11-23)25-16-15(13-8-4-3-5-9-13)19(29)27(2)20(30)17(16)26-28/h3-10,15H,1-2H3. The Kier molecular flexibility index (Phi) is 5.01. The van der Waals surface area contributed by atoms with Crippen LogP contribution in [-0.2, 0) is 4.79 Å². The number of rotatable bonds is 2. The molecule has 2 amide bonds. The van der Waals surface area contributed by atoms with Crippen molar-refractivity contribution in [3.63, 3.8) is 0 Å². The minimum atomic E-state index is -0.820. The minimum absolute atomic E-state index is 0.0164. The van der Waals surface area contributed by atoms with E-state index in [1.807, 2.05) is 31.2 Å². The monoisotopic (exact) mass is 462 g/mol. The molecule has 9 heteroatoms. The number of aromatic nitrogens is 3. The lowest BCUT2D eigenvalue weighted by Gasteiger charge is -2.29. The quantitative estimate of drug-likeness (QED) is 0.429. The van der Waals surface area contributed by atoms with Gasteiger partial charge in [0, 0.05) is 11.5 Å². The van der Waals surface area contributed by atoms with Gasteiger partial charge in [-0.3, -0.25) is 14.5 Å². The maximum atomic E-state index is 13.0. The molecule has 1 unspecified atom stereocenters. The fraction of sp³-hybridized carbons (Fsp3) is 0.143. The van der Waals surface area contributed by atoms with Crippen molar-refractivity contribution in [2.45, 2.75) is 12.8 Å². The molecule has 30 heavy (non-hydrogen) atoms. The molecule has 2 aromatic carbocycles. The van der Waals surface area contributed by atoms with Gasteiger partial charge in [-0.05, 0) is 40.0 Å². The Balaban J connectivity index is 2.07. The first-order valence-corrected chi connectivity index (χ1v) is 9.79. The van der Waals surface area contributed by atoms with E-state index in [1.165, 1.54) is 11.7 Å². The summed E-state index contributed by atoms with van der Waals surface area (Å²) < 4.78 is 2.05. The second-order valence-corrected chi connectivity index (χ2v) is 7.58. The molecule has 2 heterocycles. The predicted octanol–water partition coefficient (Wildman–Crippen LogP) is 2.46. The van der Waals surface area contributed by atoms with Crippen LogP contribution in [0.25, 0.3) is 5.69 Å². The highest BCUT2D eigenvalue weighted by molar-refractivity contribution is 9.10. The van der Waals surface area contributed by atoms with Crippen molar-refractivity contribution in [1.82, 2.24) is 19.7 Å². The number of nitrogens with zero attached hydrogens (tertiary/aromatic N) is 6. The van der Waals surface area contributed by atoms with Crippen molar-refractivity contribution >= 4 is 27.7 Å². The SMILES string of the molecule is Cc1cccc(Br)c1-n1nc2c(nc1=NC#N)C(c1ccccc1)C(=O)N(C)C2=O. The Bertz CT molecular complexity index is 1270. The molecule has 8 nitrogen and oxygen atoms in total. The summed E-state index contributed by atoms with van der Waals surface area (Å²) in [6, 6.07) is 14.6. The van der Waals surface area contributed by atoms with Gasteiger partial charge >= 0.3 is 0 Å². The van der Waals surface area contributed by atoms with Crippen LogP contribution in [0.5, 0.6) is 0 Å². The summed E-state index contributed by atoms with van der Waals surface area (Å²) in [4.78, 5) is 35.2. The summed E-state index contributed by atoms with van der Waals surface area (Å²) in [6.45, 7) is 1.87. The zero-order valence-corrected chi connectivity index (χ0v) is 17.7. The molecule has 0 aliphatic carbocycles. The summed E-state index contributed by atoms with van der Waals surface area (Å²) >= 11 is 3.49. The van der Waals surface area contributed by atoms with Gasteiger partial charge in [0.2, 0.25) is 12.1 Å². The third-order valence-electron chi connectivity index (χ3n) is 4.89. The highest BCUT2D eigenvalue weighted by atomic mass is 79.9. The van der Waals surface area contributed by atoms with Gasteiger partial charge in [0.05, 0.1) is 11.4 Å². The Morgan fingerprint density at radius 3 is 2.53 bits per heavy atom. The summed E-state index contributed by atoms with van der Waals surface area (Å²) in [7, 11) is 1.42. The molecule has 0 saturated carbocycles. The molecule has 1 aliphatic heterocycles. The average Bonchev–Trinajstić information content (AvgIpc) is 2.74. The summed E-state index contributed by atoms with van der Waals surface area (Å²) in [6.07, 6.45) is 1.73. The van der Waals surface area contributed by atoms with Crippen LogP contribution in [0.4, 0.5) is 0 Å². The molecule has 1 atom stereocenters. The van der Waals surface area contributed by atoms with E-state index in [0.717, 1.165) is 10.5 Å². The van der Waals surface area contributed by atoms with E-state index in [-0.39, 0.29) is 17.0 Å². The smallest absolute Gasteiger partial charge is 0.279 e. The second kappa shape index (κ2) is 7.65. The van der Waals surface area contributed by atoms with Crippen molar-refractivity contribution in [3.8, 4) is 11.9 Å². The largest absolute Gasteiger partial charge is 0.282 e. The molecule has 0 bridgehead atoms. The van der Waals surface area contributed by atoms with E-state index in [4.69, 9.17) is 0 Å². The number of carbonyl (C=O) groups excluding carboxylic acids is 2. The number of carbonyl (C=O) groups is 2. The fourth-order valence-corrected chi connectivity index (χ4v) is 4.06. The number of aryl methyl sites for hydroxylation is 1. The van der Waals surface area contributed by atoms with E-state index < -0.39 is 17.7 Å². The van der Waals surface area contributed by atoms with Crippen LogP contribution in [-0.4, -0.2) is 38.5 Å². The van der Waals surface area contributed by atoms with Gasteiger partial charge in [-0.15, -0.1) is 4.99 Å². The van der Waals surface area contributed by atoms with E-state index in [9.17, 15) is 14.9 Å². The Morgan fingerprint density at radius 2 is 1.87 bits per heavy atom. The van der Waals surface area contributed by atoms with Crippen LogP contribution in [0.1, 0.15) is 33.2 Å². The minimum Gasteiger partial charge on any atom is -0.279 e. The molecule has 3 aromatic rings. The van der Waals surface area contributed by atoms with Gasteiger partial charge in [-0.25, -0.2) is 4.98 Å². The van der Waals surface area contributed by atoms with Crippen molar-refractivity contribution in [1.29, 1.82) is 5.26 Å². The van der Waals surface area contributed by atoms with Gasteiger partial charge in [0.15, 0.2) is 5.69 Å². The summed E-state index contributed by atoms with van der Waals surface area (Å²) in [5, 5.41) is 13.7. The van der Waals surface area contributed by atoms with E-state index in [0.29, 0.717) is 15.7 Å². The highest BCUT2D eigenvalue weighted by Crippen LogP contribution is 2.31. The molecule has 0 N–H and O–H groups in total. The van der Waals surface area contributed by atoms with E-state index in [2.05, 4.69) is 31.0 Å². The number of nitriles is 1. The molecule has 0 radical (unpaired) electrons. The maximum absolute atomic E-state index is 13.0. The first kappa shape index (κ1) is 19.7. The van der Waals surface area contributed by atoms with Crippen molar-refractivity contribution < 1.29 is 9.59 Å². The topological polar surface area (TPSA) is 104 Å². The molecule has 148 valence electrons. The first-order chi connectivity index (χ1) is 14.4. The van der Waals surface area contributed by atoms with Crippen molar-refractivity contribution in [2.24, 2.45) is 4.99 Å². The van der Waals surface area contributed by atoms with Crippen LogP contribution in [0.2, 0.25) is 0 Å². The van der Waals surface area contributed by atoms with Gasteiger partial charge < -0.3 is 0 Å². The number of hydrogen-bond acceptors (Lipinski definition) is 6. The Morgan fingerprint density at radius 1 is 1.13 bits per heavy atom. The van der Waals surface area contributed by atoms with E-state index in [1.54, 1.807) is 30.5 Å². The van der Waals surface area contributed by atoms with Gasteiger partial charge in [-0.2, -0.15) is 15.0 Å². The molecule has 1 aliphatic rings. The molecular weight excluding hydrogens is 448 g/mol. The van der Waals surface area contributed by atoms with Crippen LogP contribution < -0.4 is 5.62 Å². The van der Waals surface area contributed by atoms with Gasteiger partial charge in [0.1, 0.15) is 5.92 Å². The summed E-state index contributed by atoms with van der Waals surface area (Å²) in [5.41, 5.74) is 2.32. The number of amides is 2. The lowest BCUT2D eigenvalue weighted by atomic mass is 9.90. The zero-order chi connectivity index (χ0) is 21.4. The third-order valence-corrected chi connectivity index (χ3v) is 5.53. The molecule has 4 rings (SSSR count).